The Kier molecular flexibility index (Phi) is 3.82. The maximum atomic E-state index is 10.8. The van der Waals surface area contributed by atoms with Gasteiger partial charge in [0.25, 0.3) is 0 Å². The molecule has 4 nitrogen and oxygen atoms in total. The molecule has 118 valence electrons. The minimum absolute atomic E-state index is 0.145. The summed E-state index contributed by atoms with van der Waals surface area (Å²) in [6.07, 6.45) is 2.78. The van der Waals surface area contributed by atoms with Crippen molar-refractivity contribution in [2.24, 2.45) is 0 Å². The lowest BCUT2D eigenvalue weighted by Gasteiger charge is -1.99. The van der Waals surface area contributed by atoms with Crippen molar-refractivity contribution in [3.8, 4) is 0 Å². The van der Waals surface area contributed by atoms with E-state index in [4.69, 9.17) is 5.11 Å². The second-order valence-electron chi connectivity index (χ2n) is 5.87. The molecular formula is C19H20N2O2. The number of aromatic amines is 2. The van der Waals surface area contributed by atoms with Crippen LogP contribution in [-0.4, -0.2) is 21.0 Å². The Morgan fingerprint density at radius 1 is 1.26 bits per heavy atom. The topological polar surface area (TPSA) is 68.9 Å². The number of para-hydroxylation sites is 1. The maximum absolute atomic E-state index is 10.8. The normalized spacial score (nSPS) is 12.2. The minimum atomic E-state index is -0.771. The van der Waals surface area contributed by atoms with Crippen molar-refractivity contribution in [1.82, 2.24) is 9.97 Å². The fraction of sp³-hybridized carbons (Fsp3) is 0.211. The van der Waals surface area contributed by atoms with Crippen molar-refractivity contribution >= 4 is 29.5 Å². The Labute approximate surface area is 134 Å². The molecule has 3 aromatic rings. The molecule has 2 heterocycles. The van der Waals surface area contributed by atoms with Crippen molar-refractivity contribution in [2.45, 2.75) is 26.7 Å². The fourth-order valence-corrected chi connectivity index (χ4v) is 3.09. The van der Waals surface area contributed by atoms with Gasteiger partial charge in [0.05, 0.1) is 0 Å². The zero-order valence-electron chi connectivity index (χ0n) is 13.4. The molecule has 0 unspecified atom stereocenters. The molecule has 3 N–H and O–H groups in total. The lowest BCUT2D eigenvalue weighted by molar-refractivity contribution is -0.136. The lowest BCUT2D eigenvalue weighted by Crippen LogP contribution is -2.20. The zero-order valence-corrected chi connectivity index (χ0v) is 13.4. The van der Waals surface area contributed by atoms with Gasteiger partial charge in [0.15, 0.2) is 0 Å². The number of nitrogens with one attached hydrogen (secondary N) is 2. The maximum Gasteiger partial charge on any atom is 0.303 e. The predicted octanol–water partition coefficient (Wildman–Crippen LogP) is 2.37. The molecule has 0 saturated carbocycles. The number of hydrogen-bond donors (Lipinski definition) is 3. The van der Waals surface area contributed by atoms with Gasteiger partial charge in [-0.3, -0.25) is 4.79 Å². The van der Waals surface area contributed by atoms with Crippen LogP contribution in [0.5, 0.6) is 0 Å². The van der Waals surface area contributed by atoms with Gasteiger partial charge in [-0.05, 0) is 43.5 Å². The zero-order chi connectivity index (χ0) is 16.6. The Bertz CT molecular complexity index is 992. The van der Waals surface area contributed by atoms with Crippen LogP contribution in [0.25, 0.3) is 23.6 Å². The van der Waals surface area contributed by atoms with Gasteiger partial charge in [-0.1, -0.05) is 24.8 Å². The molecule has 0 aliphatic heterocycles. The number of aliphatic carboxylic acids is 1. The summed E-state index contributed by atoms with van der Waals surface area (Å²) in [7, 11) is 0. The molecular weight excluding hydrogens is 288 g/mol. The molecule has 0 fully saturated rings. The smallest absolute Gasteiger partial charge is 0.303 e. The van der Waals surface area contributed by atoms with E-state index in [1.54, 1.807) is 0 Å². The van der Waals surface area contributed by atoms with E-state index in [0.29, 0.717) is 6.42 Å². The third kappa shape index (κ3) is 2.80. The Morgan fingerprint density at radius 3 is 2.74 bits per heavy atom. The van der Waals surface area contributed by atoms with Gasteiger partial charge < -0.3 is 15.1 Å². The van der Waals surface area contributed by atoms with Gasteiger partial charge in [0, 0.05) is 39.3 Å². The van der Waals surface area contributed by atoms with Crippen LogP contribution in [0.1, 0.15) is 28.9 Å². The van der Waals surface area contributed by atoms with E-state index in [-0.39, 0.29) is 6.42 Å². The van der Waals surface area contributed by atoms with Gasteiger partial charge in [-0.15, -0.1) is 0 Å². The first-order chi connectivity index (χ1) is 11.0. The summed E-state index contributed by atoms with van der Waals surface area (Å²) in [5.41, 5.74) is 5.30. The van der Waals surface area contributed by atoms with Crippen molar-refractivity contribution in [3.05, 3.63) is 57.3 Å². The number of rotatable bonds is 4. The number of carbonyl (C=O) groups is 1. The van der Waals surface area contributed by atoms with E-state index in [1.807, 2.05) is 32.0 Å². The second-order valence-corrected chi connectivity index (χ2v) is 5.87. The standard InChI is InChI=1S/C19H20N2O2/c1-11-14(8-9-19(22)23)12(2)21-18(11)10-16-13(3)20-17-7-5-4-6-15(16)17/h4-7,10,20-21H,3,8-9H2,1-2H3,(H,22,23)/b16-10-. The SMILES string of the molecule is C=c1[nH]c2ccccc2/c1=C\c1[nH]c(C)c(CCC(=O)O)c1C. The molecule has 23 heavy (non-hydrogen) atoms. The molecule has 3 rings (SSSR count). The highest BCUT2D eigenvalue weighted by molar-refractivity contribution is 5.82. The Hall–Kier alpha value is -2.75. The van der Waals surface area contributed by atoms with E-state index in [9.17, 15) is 4.79 Å². The molecule has 4 heteroatoms. The van der Waals surface area contributed by atoms with Gasteiger partial charge in [-0.2, -0.15) is 0 Å². The summed E-state index contributed by atoms with van der Waals surface area (Å²) in [5.74, 6) is -0.771. The third-order valence-electron chi connectivity index (χ3n) is 4.34. The summed E-state index contributed by atoms with van der Waals surface area (Å²) in [4.78, 5) is 17.5. The first-order valence-electron chi connectivity index (χ1n) is 7.64. The minimum Gasteiger partial charge on any atom is -0.481 e. The summed E-state index contributed by atoms with van der Waals surface area (Å²) in [5, 5.41) is 12.0. The number of benzene rings is 1. The number of hydrogen-bond acceptors (Lipinski definition) is 1. The van der Waals surface area contributed by atoms with Crippen LogP contribution in [-0.2, 0) is 11.2 Å². The van der Waals surface area contributed by atoms with Crippen LogP contribution in [0, 0.1) is 13.8 Å². The van der Waals surface area contributed by atoms with E-state index < -0.39 is 5.97 Å². The number of aromatic nitrogens is 2. The molecule has 0 spiro atoms. The number of fused-ring (bicyclic) bond motifs is 1. The number of carboxylic acid groups (broad SMARTS) is 1. The van der Waals surface area contributed by atoms with Gasteiger partial charge >= 0.3 is 5.97 Å². The van der Waals surface area contributed by atoms with E-state index in [1.165, 1.54) is 0 Å². The molecule has 2 aromatic heterocycles. The monoisotopic (exact) mass is 308 g/mol. The summed E-state index contributed by atoms with van der Waals surface area (Å²) < 4.78 is 0. The van der Waals surface area contributed by atoms with Crippen LogP contribution in [0.15, 0.2) is 24.3 Å². The van der Waals surface area contributed by atoms with Gasteiger partial charge in [-0.25, -0.2) is 0 Å². The molecule has 0 atom stereocenters. The molecule has 0 radical (unpaired) electrons. The highest BCUT2D eigenvalue weighted by Gasteiger charge is 2.11. The average molecular weight is 308 g/mol. The Morgan fingerprint density at radius 2 is 2.00 bits per heavy atom. The first kappa shape index (κ1) is 15.2. The van der Waals surface area contributed by atoms with Crippen molar-refractivity contribution in [2.75, 3.05) is 0 Å². The second kappa shape index (κ2) is 5.80. The van der Waals surface area contributed by atoms with E-state index in [0.717, 1.165) is 44.0 Å². The summed E-state index contributed by atoms with van der Waals surface area (Å²) >= 11 is 0. The largest absolute Gasteiger partial charge is 0.481 e. The molecule has 0 aliphatic carbocycles. The number of aryl methyl sites for hydroxylation is 1. The summed E-state index contributed by atoms with van der Waals surface area (Å²) in [6, 6.07) is 8.11. The molecule has 0 aliphatic rings. The van der Waals surface area contributed by atoms with Crippen LogP contribution < -0.4 is 10.6 Å². The fourth-order valence-electron chi connectivity index (χ4n) is 3.09. The van der Waals surface area contributed by atoms with Gasteiger partial charge in [0.2, 0.25) is 0 Å². The quantitative estimate of drug-likeness (QED) is 0.692. The van der Waals surface area contributed by atoms with Crippen molar-refractivity contribution in [1.29, 1.82) is 0 Å². The highest BCUT2D eigenvalue weighted by Crippen LogP contribution is 2.20. The van der Waals surface area contributed by atoms with Crippen LogP contribution in [0.3, 0.4) is 0 Å². The Balaban J connectivity index is 2.12. The van der Waals surface area contributed by atoms with Crippen LogP contribution in [0.2, 0.25) is 0 Å². The highest BCUT2D eigenvalue weighted by atomic mass is 16.4. The third-order valence-corrected chi connectivity index (χ3v) is 4.34. The first-order valence-corrected chi connectivity index (χ1v) is 7.64. The van der Waals surface area contributed by atoms with Gasteiger partial charge in [0.1, 0.15) is 0 Å². The number of H-pyrrole nitrogens is 2. The predicted molar refractivity (Wildman–Crippen MR) is 92.9 cm³/mol. The lowest BCUT2D eigenvalue weighted by atomic mass is 10.0. The molecule has 0 bridgehead atoms. The average Bonchev–Trinajstić information content (AvgIpc) is 2.95. The molecule has 1 aromatic carbocycles. The molecule has 0 amide bonds. The summed E-state index contributed by atoms with van der Waals surface area (Å²) in [6.45, 7) is 8.11. The van der Waals surface area contributed by atoms with E-state index in [2.05, 4.69) is 28.7 Å². The number of carboxylic acids is 1. The van der Waals surface area contributed by atoms with E-state index >= 15 is 0 Å². The van der Waals surface area contributed by atoms with Crippen molar-refractivity contribution < 1.29 is 9.90 Å². The van der Waals surface area contributed by atoms with Crippen LogP contribution >= 0.6 is 0 Å². The van der Waals surface area contributed by atoms with Crippen LogP contribution in [0.4, 0.5) is 0 Å². The molecule has 0 saturated heterocycles. The van der Waals surface area contributed by atoms with Crippen molar-refractivity contribution in [3.63, 3.8) is 0 Å².